The molecule has 1 rings (SSSR count). The van der Waals surface area contributed by atoms with E-state index in [-0.39, 0.29) is 11.6 Å². The van der Waals surface area contributed by atoms with Crippen LogP contribution in [0.25, 0.3) is 0 Å². The first kappa shape index (κ1) is 14.1. The summed E-state index contributed by atoms with van der Waals surface area (Å²) >= 11 is 0. The number of nitro benzene ring substituents is 1. The molecule has 0 aliphatic carbocycles. The van der Waals surface area contributed by atoms with E-state index in [9.17, 15) is 14.9 Å². The smallest absolute Gasteiger partial charge is 0.269 e. The lowest BCUT2D eigenvalue weighted by molar-refractivity contribution is -0.384. The molecule has 0 spiro atoms. The first-order chi connectivity index (χ1) is 8.54. The van der Waals surface area contributed by atoms with Gasteiger partial charge in [0, 0.05) is 24.2 Å². The molecule has 1 amide bonds. The average molecular weight is 251 g/mol. The van der Waals surface area contributed by atoms with Gasteiger partial charge in [-0.05, 0) is 37.9 Å². The molecule has 0 fully saturated rings. The predicted octanol–water partition coefficient (Wildman–Crippen LogP) is 1.97. The highest BCUT2D eigenvalue weighted by molar-refractivity contribution is 5.91. The van der Waals surface area contributed by atoms with E-state index in [2.05, 4.69) is 5.32 Å². The van der Waals surface area contributed by atoms with Crippen LogP contribution in [-0.2, 0) is 4.79 Å². The number of hydrogen-bond acceptors (Lipinski definition) is 4. The van der Waals surface area contributed by atoms with E-state index in [0.29, 0.717) is 24.2 Å². The van der Waals surface area contributed by atoms with Gasteiger partial charge in [-0.3, -0.25) is 14.9 Å². The van der Waals surface area contributed by atoms with Crippen molar-refractivity contribution in [1.29, 1.82) is 0 Å². The summed E-state index contributed by atoms with van der Waals surface area (Å²) in [5, 5.41) is 13.3. The highest BCUT2D eigenvalue weighted by Crippen LogP contribution is 2.21. The van der Waals surface area contributed by atoms with Crippen LogP contribution in [0.15, 0.2) is 18.2 Å². The van der Waals surface area contributed by atoms with Crippen molar-refractivity contribution in [1.82, 2.24) is 0 Å². The number of anilines is 1. The molecule has 0 aromatic heterocycles. The molecule has 1 aromatic carbocycles. The van der Waals surface area contributed by atoms with Gasteiger partial charge in [0.2, 0.25) is 5.91 Å². The molecule has 0 saturated carbocycles. The van der Waals surface area contributed by atoms with Gasteiger partial charge in [-0.2, -0.15) is 0 Å². The van der Waals surface area contributed by atoms with Gasteiger partial charge in [-0.1, -0.05) is 0 Å². The molecular weight excluding hydrogens is 234 g/mol. The summed E-state index contributed by atoms with van der Waals surface area (Å²) in [6, 6.07) is 4.37. The number of hydrogen-bond donors (Lipinski definition) is 2. The number of amides is 1. The quantitative estimate of drug-likeness (QED) is 0.458. The Kier molecular flexibility index (Phi) is 5.26. The molecule has 18 heavy (non-hydrogen) atoms. The molecule has 0 unspecified atom stereocenters. The Morgan fingerprint density at radius 3 is 2.72 bits per heavy atom. The van der Waals surface area contributed by atoms with Crippen molar-refractivity contribution in [3.63, 3.8) is 0 Å². The Labute approximate surface area is 105 Å². The fraction of sp³-hybridized carbons (Fsp3) is 0.417. The molecule has 0 atom stereocenters. The van der Waals surface area contributed by atoms with Crippen LogP contribution in [0.5, 0.6) is 0 Å². The lowest BCUT2D eigenvalue weighted by atomic mass is 10.1. The maximum atomic E-state index is 11.6. The van der Waals surface area contributed by atoms with Crippen LogP contribution in [0.3, 0.4) is 0 Å². The normalized spacial score (nSPS) is 10.1. The Bertz CT molecular complexity index is 446. The maximum absolute atomic E-state index is 11.6. The fourth-order valence-corrected chi connectivity index (χ4v) is 1.54. The topological polar surface area (TPSA) is 98.3 Å². The second kappa shape index (κ2) is 6.70. The van der Waals surface area contributed by atoms with Crippen LogP contribution in [0.1, 0.15) is 24.8 Å². The highest BCUT2D eigenvalue weighted by atomic mass is 16.6. The summed E-state index contributed by atoms with van der Waals surface area (Å²) < 4.78 is 0. The molecule has 0 bridgehead atoms. The number of rotatable bonds is 6. The Morgan fingerprint density at radius 2 is 2.17 bits per heavy atom. The van der Waals surface area contributed by atoms with Crippen molar-refractivity contribution in [3.05, 3.63) is 33.9 Å². The number of non-ortho nitro benzene ring substituents is 1. The van der Waals surface area contributed by atoms with E-state index in [0.717, 1.165) is 12.8 Å². The molecular formula is C12H17N3O3. The molecule has 0 saturated heterocycles. The molecule has 1 aromatic rings. The Hall–Kier alpha value is -1.95. The monoisotopic (exact) mass is 251 g/mol. The van der Waals surface area contributed by atoms with E-state index in [1.807, 2.05) is 0 Å². The molecule has 0 aliphatic heterocycles. The third-order valence-electron chi connectivity index (χ3n) is 2.55. The second-order valence-corrected chi connectivity index (χ2v) is 4.05. The van der Waals surface area contributed by atoms with Crippen LogP contribution < -0.4 is 11.1 Å². The van der Waals surface area contributed by atoms with E-state index in [1.165, 1.54) is 12.1 Å². The number of nitrogens with one attached hydrogen (secondary N) is 1. The number of nitro groups is 1. The summed E-state index contributed by atoms with van der Waals surface area (Å²) in [7, 11) is 0. The van der Waals surface area contributed by atoms with Crippen molar-refractivity contribution in [2.24, 2.45) is 5.73 Å². The lowest BCUT2D eigenvalue weighted by Crippen LogP contribution is -2.12. The number of nitrogens with two attached hydrogens (primary N) is 1. The van der Waals surface area contributed by atoms with Gasteiger partial charge in [0.25, 0.3) is 5.69 Å². The number of carbonyl (C=O) groups excluding carboxylic acids is 1. The summed E-state index contributed by atoms with van der Waals surface area (Å²) in [6.07, 6.45) is 1.97. The fourth-order valence-electron chi connectivity index (χ4n) is 1.54. The van der Waals surface area contributed by atoms with Crippen LogP contribution in [0, 0.1) is 17.0 Å². The SMILES string of the molecule is Cc1cc([N+](=O)[O-])ccc1NC(=O)CCCCN. The third kappa shape index (κ3) is 4.14. The number of aryl methyl sites for hydroxylation is 1. The van der Waals surface area contributed by atoms with E-state index >= 15 is 0 Å². The van der Waals surface area contributed by atoms with Crippen molar-refractivity contribution < 1.29 is 9.72 Å². The van der Waals surface area contributed by atoms with Crippen molar-refractivity contribution in [2.45, 2.75) is 26.2 Å². The largest absolute Gasteiger partial charge is 0.330 e. The van der Waals surface area contributed by atoms with Crippen molar-refractivity contribution in [3.8, 4) is 0 Å². The molecule has 0 radical (unpaired) electrons. The van der Waals surface area contributed by atoms with Crippen LogP contribution in [0.2, 0.25) is 0 Å². The van der Waals surface area contributed by atoms with Gasteiger partial charge >= 0.3 is 0 Å². The zero-order valence-corrected chi connectivity index (χ0v) is 10.3. The van der Waals surface area contributed by atoms with Crippen molar-refractivity contribution >= 4 is 17.3 Å². The summed E-state index contributed by atoms with van der Waals surface area (Å²) in [5.41, 5.74) is 6.65. The minimum absolute atomic E-state index is 0.0219. The number of carbonyl (C=O) groups is 1. The zero-order chi connectivity index (χ0) is 13.5. The molecule has 6 heteroatoms. The molecule has 3 N–H and O–H groups in total. The molecule has 6 nitrogen and oxygen atoms in total. The van der Waals surface area contributed by atoms with Crippen LogP contribution in [0.4, 0.5) is 11.4 Å². The number of benzene rings is 1. The van der Waals surface area contributed by atoms with Crippen LogP contribution in [-0.4, -0.2) is 17.4 Å². The Morgan fingerprint density at radius 1 is 1.44 bits per heavy atom. The van der Waals surface area contributed by atoms with E-state index < -0.39 is 4.92 Å². The van der Waals surface area contributed by atoms with Gasteiger partial charge < -0.3 is 11.1 Å². The van der Waals surface area contributed by atoms with Crippen molar-refractivity contribution in [2.75, 3.05) is 11.9 Å². The van der Waals surface area contributed by atoms with Gasteiger partial charge in [-0.15, -0.1) is 0 Å². The summed E-state index contributed by atoms with van der Waals surface area (Å²) in [4.78, 5) is 21.7. The average Bonchev–Trinajstić information content (AvgIpc) is 2.32. The Balaban J connectivity index is 2.62. The second-order valence-electron chi connectivity index (χ2n) is 4.05. The molecule has 98 valence electrons. The number of nitrogens with zero attached hydrogens (tertiary/aromatic N) is 1. The lowest BCUT2D eigenvalue weighted by Gasteiger charge is -2.07. The molecule has 0 aliphatic rings. The van der Waals surface area contributed by atoms with E-state index in [4.69, 9.17) is 5.73 Å². The minimum atomic E-state index is -0.458. The van der Waals surface area contributed by atoms with Gasteiger partial charge in [0.05, 0.1) is 4.92 Å². The van der Waals surface area contributed by atoms with Gasteiger partial charge in [0.1, 0.15) is 0 Å². The standard InChI is InChI=1S/C12H17N3O3/c1-9-8-10(15(17)18)5-6-11(9)14-12(16)4-2-3-7-13/h5-6,8H,2-4,7,13H2,1H3,(H,14,16). The summed E-state index contributed by atoms with van der Waals surface area (Å²) in [6.45, 7) is 2.30. The third-order valence-corrected chi connectivity index (χ3v) is 2.55. The van der Waals surface area contributed by atoms with E-state index in [1.54, 1.807) is 13.0 Å². The minimum Gasteiger partial charge on any atom is -0.330 e. The highest BCUT2D eigenvalue weighted by Gasteiger charge is 2.09. The van der Waals surface area contributed by atoms with Gasteiger partial charge in [-0.25, -0.2) is 0 Å². The van der Waals surface area contributed by atoms with Crippen LogP contribution >= 0.6 is 0 Å². The predicted molar refractivity (Wildman–Crippen MR) is 69.4 cm³/mol. The maximum Gasteiger partial charge on any atom is 0.269 e. The summed E-state index contributed by atoms with van der Waals surface area (Å²) in [5.74, 6) is -0.0968. The first-order valence-electron chi connectivity index (χ1n) is 5.79. The zero-order valence-electron chi connectivity index (χ0n) is 10.3. The van der Waals surface area contributed by atoms with Gasteiger partial charge in [0.15, 0.2) is 0 Å². The number of unbranched alkanes of at least 4 members (excludes halogenated alkanes) is 1. The first-order valence-corrected chi connectivity index (χ1v) is 5.79. The molecule has 0 heterocycles.